The van der Waals surface area contributed by atoms with Crippen molar-refractivity contribution in [1.29, 1.82) is 0 Å². The molecule has 0 aromatic rings. The first kappa shape index (κ1) is 11.0. The highest BCUT2D eigenvalue weighted by Gasteiger charge is 2.23. The lowest BCUT2D eigenvalue weighted by Crippen LogP contribution is -2.34. The molecule has 0 aromatic heterocycles. The zero-order valence-corrected chi connectivity index (χ0v) is 8.67. The summed E-state index contributed by atoms with van der Waals surface area (Å²) in [5.41, 5.74) is 5.49. The molecule has 1 rings (SSSR count). The van der Waals surface area contributed by atoms with Crippen LogP contribution in [-0.2, 0) is 4.74 Å². The quantitative estimate of drug-likeness (QED) is 0.668. The maximum atomic E-state index is 5.49. The van der Waals surface area contributed by atoms with Crippen LogP contribution in [-0.4, -0.2) is 43.8 Å². The van der Waals surface area contributed by atoms with Gasteiger partial charge in [0.1, 0.15) is 0 Å². The van der Waals surface area contributed by atoms with Crippen LogP contribution in [0.5, 0.6) is 0 Å². The van der Waals surface area contributed by atoms with E-state index in [1.54, 1.807) is 0 Å². The fraction of sp³-hybridized carbons (Fsp3) is 1.00. The topological polar surface area (TPSA) is 38.5 Å². The van der Waals surface area contributed by atoms with Crippen LogP contribution >= 0.6 is 0 Å². The third kappa shape index (κ3) is 3.63. The molecule has 1 aliphatic rings. The molecule has 1 aliphatic heterocycles. The van der Waals surface area contributed by atoms with Gasteiger partial charge in [0.2, 0.25) is 0 Å². The highest BCUT2D eigenvalue weighted by molar-refractivity contribution is 4.78. The first-order valence-corrected chi connectivity index (χ1v) is 5.40. The number of nitrogens with zero attached hydrogens (tertiary/aromatic N) is 1. The largest absolute Gasteiger partial charge is 0.380 e. The van der Waals surface area contributed by atoms with E-state index in [0.29, 0.717) is 6.04 Å². The van der Waals surface area contributed by atoms with Gasteiger partial charge in [-0.3, -0.25) is 4.90 Å². The van der Waals surface area contributed by atoms with Gasteiger partial charge in [0.05, 0.1) is 6.61 Å². The van der Waals surface area contributed by atoms with E-state index in [1.807, 2.05) is 0 Å². The Balaban J connectivity index is 2.18. The minimum absolute atomic E-state index is 0.659. The summed E-state index contributed by atoms with van der Waals surface area (Å²) in [5, 5.41) is 0. The summed E-state index contributed by atoms with van der Waals surface area (Å²) >= 11 is 0. The SMILES string of the molecule is CCOC[C@H]1CCCN1CCCN. The molecule has 1 atom stereocenters. The van der Waals surface area contributed by atoms with Crippen LogP contribution in [0.1, 0.15) is 26.2 Å². The van der Waals surface area contributed by atoms with Crippen LogP contribution in [0.15, 0.2) is 0 Å². The summed E-state index contributed by atoms with van der Waals surface area (Å²) in [5.74, 6) is 0. The molecule has 1 fully saturated rings. The second kappa shape index (κ2) is 6.35. The summed E-state index contributed by atoms with van der Waals surface area (Å²) in [6.45, 7) is 6.98. The van der Waals surface area contributed by atoms with Crippen LogP contribution in [0.3, 0.4) is 0 Å². The lowest BCUT2D eigenvalue weighted by molar-refractivity contribution is 0.0850. The smallest absolute Gasteiger partial charge is 0.0621 e. The average molecular weight is 186 g/mol. The normalized spacial score (nSPS) is 24.0. The zero-order chi connectivity index (χ0) is 9.52. The molecular formula is C10H22N2O. The summed E-state index contributed by atoms with van der Waals surface area (Å²) in [7, 11) is 0. The standard InChI is InChI=1S/C10H22N2O/c1-2-13-9-10-5-3-7-12(10)8-4-6-11/h10H,2-9,11H2,1H3/t10-/m1/s1. The second-order valence-corrected chi connectivity index (χ2v) is 3.63. The average Bonchev–Trinajstić information content (AvgIpc) is 2.59. The fourth-order valence-electron chi connectivity index (χ4n) is 1.93. The Labute approximate surface area is 81.2 Å². The molecule has 0 amide bonds. The fourth-order valence-corrected chi connectivity index (χ4v) is 1.93. The number of nitrogens with two attached hydrogens (primary N) is 1. The maximum Gasteiger partial charge on any atom is 0.0621 e. The van der Waals surface area contributed by atoms with Gasteiger partial charge in [0, 0.05) is 12.6 Å². The molecule has 78 valence electrons. The number of hydrogen-bond donors (Lipinski definition) is 1. The molecule has 0 saturated carbocycles. The van der Waals surface area contributed by atoms with Crippen molar-refractivity contribution < 1.29 is 4.74 Å². The predicted molar refractivity (Wildman–Crippen MR) is 54.8 cm³/mol. The number of likely N-dealkylation sites (tertiary alicyclic amines) is 1. The number of rotatable bonds is 6. The van der Waals surface area contributed by atoms with E-state index in [4.69, 9.17) is 10.5 Å². The summed E-state index contributed by atoms with van der Waals surface area (Å²) in [6.07, 6.45) is 3.73. The number of hydrogen-bond acceptors (Lipinski definition) is 3. The van der Waals surface area contributed by atoms with Gasteiger partial charge < -0.3 is 10.5 Å². The third-order valence-corrected chi connectivity index (χ3v) is 2.66. The van der Waals surface area contributed by atoms with E-state index in [1.165, 1.54) is 19.4 Å². The van der Waals surface area contributed by atoms with Gasteiger partial charge in [-0.1, -0.05) is 0 Å². The van der Waals surface area contributed by atoms with Crippen LogP contribution in [0.2, 0.25) is 0 Å². The van der Waals surface area contributed by atoms with Crippen LogP contribution in [0.4, 0.5) is 0 Å². The van der Waals surface area contributed by atoms with Crippen molar-refractivity contribution >= 4 is 0 Å². The highest BCUT2D eigenvalue weighted by Crippen LogP contribution is 2.17. The molecular weight excluding hydrogens is 164 g/mol. The molecule has 0 aliphatic carbocycles. The first-order valence-electron chi connectivity index (χ1n) is 5.40. The monoisotopic (exact) mass is 186 g/mol. The van der Waals surface area contributed by atoms with E-state index >= 15 is 0 Å². The van der Waals surface area contributed by atoms with Gasteiger partial charge in [-0.05, 0) is 45.8 Å². The molecule has 2 N–H and O–H groups in total. The molecule has 1 saturated heterocycles. The zero-order valence-electron chi connectivity index (χ0n) is 8.67. The lowest BCUT2D eigenvalue weighted by atomic mass is 10.2. The Hall–Kier alpha value is -0.120. The number of ether oxygens (including phenoxy) is 1. The Kier molecular flexibility index (Phi) is 5.35. The maximum absolute atomic E-state index is 5.49. The van der Waals surface area contributed by atoms with Crippen molar-refractivity contribution in [2.45, 2.75) is 32.2 Å². The predicted octanol–water partition coefficient (Wildman–Crippen LogP) is 0.836. The Morgan fingerprint density at radius 2 is 2.38 bits per heavy atom. The van der Waals surface area contributed by atoms with Crippen molar-refractivity contribution in [2.24, 2.45) is 5.73 Å². The van der Waals surface area contributed by atoms with E-state index in [9.17, 15) is 0 Å². The van der Waals surface area contributed by atoms with Gasteiger partial charge in [-0.25, -0.2) is 0 Å². The van der Waals surface area contributed by atoms with Crippen LogP contribution in [0, 0.1) is 0 Å². The van der Waals surface area contributed by atoms with Crippen LogP contribution in [0.25, 0.3) is 0 Å². The van der Waals surface area contributed by atoms with E-state index in [2.05, 4.69) is 11.8 Å². The van der Waals surface area contributed by atoms with Crippen molar-refractivity contribution in [2.75, 3.05) is 32.8 Å². The van der Waals surface area contributed by atoms with Crippen molar-refractivity contribution in [3.63, 3.8) is 0 Å². The van der Waals surface area contributed by atoms with Gasteiger partial charge in [-0.15, -0.1) is 0 Å². The van der Waals surface area contributed by atoms with Crippen molar-refractivity contribution in [3.05, 3.63) is 0 Å². The minimum atomic E-state index is 0.659. The summed E-state index contributed by atoms with van der Waals surface area (Å²) in [6, 6.07) is 0.659. The van der Waals surface area contributed by atoms with Gasteiger partial charge >= 0.3 is 0 Å². The van der Waals surface area contributed by atoms with E-state index in [0.717, 1.165) is 32.7 Å². The van der Waals surface area contributed by atoms with Gasteiger partial charge in [0.25, 0.3) is 0 Å². The molecule has 3 heteroatoms. The third-order valence-electron chi connectivity index (χ3n) is 2.66. The Morgan fingerprint density at radius 1 is 1.54 bits per heavy atom. The van der Waals surface area contributed by atoms with Gasteiger partial charge in [0.15, 0.2) is 0 Å². The van der Waals surface area contributed by atoms with Crippen molar-refractivity contribution in [1.82, 2.24) is 4.90 Å². The minimum Gasteiger partial charge on any atom is -0.380 e. The molecule has 13 heavy (non-hydrogen) atoms. The molecule has 0 radical (unpaired) electrons. The summed E-state index contributed by atoms with van der Waals surface area (Å²) < 4.78 is 5.45. The first-order chi connectivity index (χ1) is 6.38. The molecule has 0 aromatic carbocycles. The molecule has 3 nitrogen and oxygen atoms in total. The molecule has 0 bridgehead atoms. The van der Waals surface area contributed by atoms with Crippen LogP contribution < -0.4 is 5.73 Å². The van der Waals surface area contributed by atoms with E-state index in [-0.39, 0.29) is 0 Å². The highest BCUT2D eigenvalue weighted by atomic mass is 16.5. The Bertz CT molecular complexity index is 116. The molecule has 0 spiro atoms. The lowest BCUT2D eigenvalue weighted by Gasteiger charge is -2.23. The van der Waals surface area contributed by atoms with E-state index < -0.39 is 0 Å². The Morgan fingerprint density at radius 3 is 3.08 bits per heavy atom. The molecule has 0 unspecified atom stereocenters. The van der Waals surface area contributed by atoms with Crippen molar-refractivity contribution in [3.8, 4) is 0 Å². The van der Waals surface area contributed by atoms with Gasteiger partial charge in [-0.2, -0.15) is 0 Å². The second-order valence-electron chi connectivity index (χ2n) is 3.63. The summed E-state index contributed by atoms with van der Waals surface area (Å²) in [4.78, 5) is 2.52. The molecule has 1 heterocycles.